The molecule has 0 aromatic carbocycles. The molecule has 0 aliphatic carbocycles. The van der Waals surface area contributed by atoms with Crippen LogP contribution in [0.5, 0.6) is 0 Å². The van der Waals surface area contributed by atoms with Gasteiger partial charge in [-0.25, -0.2) is 4.98 Å². The van der Waals surface area contributed by atoms with Gasteiger partial charge in [0.1, 0.15) is 5.82 Å². The number of aliphatic hydroxyl groups is 1. The van der Waals surface area contributed by atoms with Crippen LogP contribution in [-0.4, -0.2) is 34.8 Å². The van der Waals surface area contributed by atoms with E-state index in [2.05, 4.69) is 27.5 Å². The van der Waals surface area contributed by atoms with Crippen molar-refractivity contribution in [3.63, 3.8) is 0 Å². The molecule has 16 heavy (non-hydrogen) atoms. The average Bonchev–Trinajstić information content (AvgIpc) is 2.30. The van der Waals surface area contributed by atoms with E-state index in [-0.39, 0.29) is 6.61 Å². The van der Waals surface area contributed by atoms with E-state index in [1.54, 1.807) is 6.20 Å². The molecule has 5 nitrogen and oxygen atoms in total. The van der Waals surface area contributed by atoms with E-state index >= 15 is 0 Å². The predicted octanol–water partition coefficient (Wildman–Crippen LogP) is 1.40. The molecule has 0 aliphatic rings. The Hall–Kier alpha value is -1.36. The van der Waals surface area contributed by atoms with Gasteiger partial charge in [0.2, 0.25) is 5.95 Å². The third-order valence-corrected chi connectivity index (χ3v) is 2.13. The van der Waals surface area contributed by atoms with Crippen molar-refractivity contribution in [1.82, 2.24) is 9.97 Å². The maximum atomic E-state index is 8.70. The number of aryl methyl sites for hydroxylation is 1. The topological polar surface area (TPSA) is 70.1 Å². The minimum Gasteiger partial charge on any atom is -0.396 e. The van der Waals surface area contributed by atoms with Crippen LogP contribution in [-0.2, 0) is 0 Å². The first-order valence-electron chi connectivity index (χ1n) is 5.70. The van der Waals surface area contributed by atoms with Gasteiger partial charge in [-0.1, -0.05) is 6.92 Å². The Balaban J connectivity index is 2.59. The lowest BCUT2D eigenvalue weighted by Crippen LogP contribution is -2.10. The van der Waals surface area contributed by atoms with Gasteiger partial charge in [0.25, 0.3) is 0 Å². The summed E-state index contributed by atoms with van der Waals surface area (Å²) < 4.78 is 0. The molecule has 0 fully saturated rings. The van der Waals surface area contributed by atoms with Crippen molar-refractivity contribution < 1.29 is 5.11 Å². The van der Waals surface area contributed by atoms with Crippen LogP contribution in [0, 0.1) is 6.92 Å². The zero-order chi connectivity index (χ0) is 11.8. The maximum absolute atomic E-state index is 8.70. The van der Waals surface area contributed by atoms with Gasteiger partial charge in [-0.2, -0.15) is 4.98 Å². The monoisotopic (exact) mass is 224 g/mol. The van der Waals surface area contributed by atoms with Crippen LogP contribution in [0.15, 0.2) is 6.20 Å². The van der Waals surface area contributed by atoms with Gasteiger partial charge in [-0.3, -0.25) is 0 Å². The molecule has 1 aromatic rings. The smallest absolute Gasteiger partial charge is 0.224 e. The molecule has 0 unspecified atom stereocenters. The Kier molecular flexibility index (Phi) is 5.56. The molecule has 90 valence electrons. The summed E-state index contributed by atoms with van der Waals surface area (Å²) in [5, 5.41) is 15.0. The number of anilines is 2. The highest BCUT2D eigenvalue weighted by Gasteiger charge is 2.02. The van der Waals surface area contributed by atoms with Crippen molar-refractivity contribution in [3.8, 4) is 0 Å². The third kappa shape index (κ3) is 4.02. The highest BCUT2D eigenvalue weighted by molar-refractivity contribution is 5.46. The Morgan fingerprint density at radius 3 is 2.81 bits per heavy atom. The second-order valence-corrected chi connectivity index (χ2v) is 3.66. The van der Waals surface area contributed by atoms with Gasteiger partial charge in [0.15, 0.2) is 0 Å². The third-order valence-electron chi connectivity index (χ3n) is 2.13. The van der Waals surface area contributed by atoms with Crippen molar-refractivity contribution in [3.05, 3.63) is 11.8 Å². The molecule has 1 aromatic heterocycles. The molecule has 0 radical (unpaired) electrons. The molecule has 0 spiro atoms. The van der Waals surface area contributed by atoms with E-state index in [4.69, 9.17) is 5.11 Å². The van der Waals surface area contributed by atoms with E-state index in [0.29, 0.717) is 5.95 Å². The fourth-order valence-corrected chi connectivity index (χ4v) is 1.23. The molecule has 0 saturated heterocycles. The number of rotatable bonds is 7. The number of aliphatic hydroxyl groups excluding tert-OH is 1. The number of nitrogens with one attached hydrogen (secondary N) is 2. The molecule has 3 N–H and O–H groups in total. The first-order chi connectivity index (χ1) is 7.77. The maximum Gasteiger partial charge on any atom is 0.224 e. The molecule has 0 atom stereocenters. The van der Waals surface area contributed by atoms with Gasteiger partial charge >= 0.3 is 0 Å². The van der Waals surface area contributed by atoms with Gasteiger partial charge in [-0.15, -0.1) is 0 Å². The average molecular weight is 224 g/mol. The lowest BCUT2D eigenvalue weighted by Gasteiger charge is -2.09. The number of nitrogens with zero attached hydrogens (tertiary/aromatic N) is 2. The largest absolute Gasteiger partial charge is 0.396 e. The Bertz CT molecular complexity index is 317. The van der Waals surface area contributed by atoms with Crippen LogP contribution in [0.3, 0.4) is 0 Å². The standard InChI is InChI=1S/C11H20N4O/c1-3-5-13-11-14-8-9(2)10(15-11)12-6-4-7-16/h8,16H,3-7H2,1-2H3,(H2,12,13,14,15). The minimum atomic E-state index is 0.193. The molecule has 0 amide bonds. The summed E-state index contributed by atoms with van der Waals surface area (Å²) in [6.07, 6.45) is 3.57. The summed E-state index contributed by atoms with van der Waals surface area (Å²) >= 11 is 0. The number of aromatic nitrogens is 2. The van der Waals surface area contributed by atoms with Crippen LogP contribution in [0.25, 0.3) is 0 Å². The zero-order valence-corrected chi connectivity index (χ0v) is 9.95. The summed E-state index contributed by atoms with van der Waals surface area (Å²) in [5.74, 6) is 1.49. The van der Waals surface area contributed by atoms with E-state index in [9.17, 15) is 0 Å². The van der Waals surface area contributed by atoms with Crippen LogP contribution in [0.2, 0.25) is 0 Å². The highest BCUT2D eigenvalue weighted by atomic mass is 16.3. The van der Waals surface area contributed by atoms with Crippen LogP contribution in [0.4, 0.5) is 11.8 Å². The van der Waals surface area contributed by atoms with Gasteiger partial charge in [-0.05, 0) is 19.8 Å². The lowest BCUT2D eigenvalue weighted by atomic mass is 10.3. The fourth-order valence-electron chi connectivity index (χ4n) is 1.23. The second kappa shape index (κ2) is 7.00. The minimum absolute atomic E-state index is 0.193. The van der Waals surface area contributed by atoms with Crippen molar-refractivity contribution in [1.29, 1.82) is 0 Å². The number of hydrogen-bond donors (Lipinski definition) is 3. The quantitative estimate of drug-likeness (QED) is 0.611. The molecular weight excluding hydrogens is 204 g/mol. The highest BCUT2D eigenvalue weighted by Crippen LogP contribution is 2.12. The summed E-state index contributed by atoms with van der Waals surface area (Å²) in [4.78, 5) is 8.56. The molecule has 1 heterocycles. The van der Waals surface area contributed by atoms with Crippen LogP contribution < -0.4 is 10.6 Å². The Morgan fingerprint density at radius 1 is 1.31 bits per heavy atom. The van der Waals surface area contributed by atoms with Crippen molar-refractivity contribution >= 4 is 11.8 Å². The van der Waals surface area contributed by atoms with Crippen molar-refractivity contribution in [2.45, 2.75) is 26.7 Å². The number of hydrogen-bond acceptors (Lipinski definition) is 5. The predicted molar refractivity (Wildman–Crippen MR) is 65.7 cm³/mol. The second-order valence-electron chi connectivity index (χ2n) is 3.66. The van der Waals surface area contributed by atoms with E-state index in [1.807, 2.05) is 6.92 Å². The summed E-state index contributed by atoms with van der Waals surface area (Å²) in [5.41, 5.74) is 1.01. The van der Waals surface area contributed by atoms with Crippen LogP contribution >= 0.6 is 0 Å². The SMILES string of the molecule is CCCNc1ncc(C)c(NCCCO)n1. The molecule has 0 aliphatic heterocycles. The normalized spacial score (nSPS) is 10.2. The Morgan fingerprint density at radius 2 is 2.12 bits per heavy atom. The first-order valence-corrected chi connectivity index (χ1v) is 5.70. The van der Waals surface area contributed by atoms with Gasteiger partial charge < -0.3 is 15.7 Å². The molecule has 5 heteroatoms. The fraction of sp³-hybridized carbons (Fsp3) is 0.636. The van der Waals surface area contributed by atoms with Gasteiger partial charge in [0.05, 0.1) is 0 Å². The molecule has 0 saturated carbocycles. The van der Waals surface area contributed by atoms with Crippen molar-refractivity contribution in [2.75, 3.05) is 30.3 Å². The molecule has 1 rings (SSSR count). The van der Waals surface area contributed by atoms with Crippen LogP contribution in [0.1, 0.15) is 25.3 Å². The van der Waals surface area contributed by atoms with E-state index in [0.717, 1.165) is 37.3 Å². The Labute approximate surface area is 96.3 Å². The summed E-state index contributed by atoms with van der Waals surface area (Å²) in [7, 11) is 0. The van der Waals surface area contributed by atoms with E-state index < -0.39 is 0 Å². The summed E-state index contributed by atoms with van der Waals surface area (Å²) in [6, 6.07) is 0. The van der Waals surface area contributed by atoms with E-state index in [1.165, 1.54) is 0 Å². The van der Waals surface area contributed by atoms with Gasteiger partial charge in [0, 0.05) is 31.5 Å². The molecule has 0 bridgehead atoms. The van der Waals surface area contributed by atoms with Crippen molar-refractivity contribution in [2.24, 2.45) is 0 Å². The molecular formula is C11H20N4O. The first kappa shape index (κ1) is 12.7. The lowest BCUT2D eigenvalue weighted by molar-refractivity contribution is 0.292. The summed E-state index contributed by atoms with van der Waals surface area (Å²) in [6.45, 7) is 5.85. The zero-order valence-electron chi connectivity index (χ0n) is 9.95.